The molecule has 2 aromatic rings. The Morgan fingerprint density at radius 3 is 2.83 bits per heavy atom. The Labute approximate surface area is 133 Å². The quantitative estimate of drug-likeness (QED) is 0.864. The number of likely N-dealkylation sites (tertiary alicyclic amines) is 1. The fourth-order valence-corrected chi connectivity index (χ4v) is 3.01. The van der Waals surface area contributed by atoms with Crippen LogP contribution < -0.4 is 5.32 Å². The smallest absolute Gasteiger partial charge is 0.274 e. The van der Waals surface area contributed by atoms with E-state index in [4.69, 9.17) is 0 Å². The van der Waals surface area contributed by atoms with Crippen LogP contribution in [0.5, 0.6) is 0 Å². The molecule has 1 aliphatic heterocycles. The van der Waals surface area contributed by atoms with E-state index in [0.717, 1.165) is 0 Å². The number of rotatable bonds is 3. The van der Waals surface area contributed by atoms with Gasteiger partial charge in [0.2, 0.25) is 5.91 Å². The number of hydrogen-bond donors (Lipinski definition) is 1. The SMILES string of the molecule is CNC(=O)C1(n2cccn2)CCCN(C(=O)c2cnccn2)C1. The van der Waals surface area contributed by atoms with E-state index in [1.165, 1.54) is 18.6 Å². The number of nitrogens with zero attached hydrogens (tertiary/aromatic N) is 5. The summed E-state index contributed by atoms with van der Waals surface area (Å²) in [7, 11) is 1.59. The zero-order chi connectivity index (χ0) is 16.3. The highest BCUT2D eigenvalue weighted by Gasteiger charge is 2.45. The molecule has 3 heterocycles. The van der Waals surface area contributed by atoms with Gasteiger partial charge in [0.1, 0.15) is 5.69 Å². The van der Waals surface area contributed by atoms with Crippen LogP contribution >= 0.6 is 0 Å². The fourth-order valence-electron chi connectivity index (χ4n) is 3.01. The molecule has 0 radical (unpaired) electrons. The van der Waals surface area contributed by atoms with Crippen LogP contribution in [0, 0.1) is 0 Å². The van der Waals surface area contributed by atoms with Crippen LogP contribution in [0.25, 0.3) is 0 Å². The molecule has 3 rings (SSSR count). The third-order valence-electron chi connectivity index (χ3n) is 4.13. The molecule has 2 amide bonds. The maximum atomic E-state index is 12.6. The van der Waals surface area contributed by atoms with Gasteiger partial charge < -0.3 is 10.2 Å². The zero-order valence-electron chi connectivity index (χ0n) is 12.8. The minimum Gasteiger partial charge on any atom is -0.357 e. The van der Waals surface area contributed by atoms with Crippen molar-refractivity contribution in [3.63, 3.8) is 0 Å². The molecule has 0 saturated carbocycles. The Hall–Kier alpha value is -2.77. The predicted octanol–water partition coefficient (Wildman–Crippen LogP) is 0.0506. The van der Waals surface area contributed by atoms with E-state index in [2.05, 4.69) is 20.4 Å². The molecule has 1 unspecified atom stereocenters. The zero-order valence-corrected chi connectivity index (χ0v) is 12.8. The van der Waals surface area contributed by atoms with Crippen molar-refractivity contribution in [2.45, 2.75) is 18.4 Å². The molecule has 8 nitrogen and oxygen atoms in total. The van der Waals surface area contributed by atoms with Crippen molar-refractivity contribution in [3.8, 4) is 0 Å². The summed E-state index contributed by atoms with van der Waals surface area (Å²) >= 11 is 0. The van der Waals surface area contributed by atoms with Crippen molar-refractivity contribution < 1.29 is 9.59 Å². The molecule has 0 aliphatic carbocycles. The van der Waals surface area contributed by atoms with E-state index < -0.39 is 5.54 Å². The van der Waals surface area contributed by atoms with E-state index in [1.807, 2.05) is 0 Å². The third-order valence-corrected chi connectivity index (χ3v) is 4.13. The standard InChI is InChI=1S/C15H18N6O2/c1-16-14(23)15(21-9-3-5-19-21)4-2-8-20(11-15)13(22)12-10-17-6-7-18-12/h3,5-7,9-10H,2,4,8,11H2,1H3,(H,16,23). The highest BCUT2D eigenvalue weighted by Crippen LogP contribution is 2.29. The minimum atomic E-state index is -0.894. The van der Waals surface area contributed by atoms with Gasteiger partial charge in [-0.05, 0) is 18.9 Å². The lowest BCUT2D eigenvalue weighted by atomic mass is 9.87. The summed E-state index contributed by atoms with van der Waals surface area (Å²) < 4.78 is 1.64. The van der Waals surface area contributed by atoms with Gasteiger partial charge in [-0.3, -0.25) is 19.3 Å². The van der Waals surface area contributed by atoms with Crippen molar-refractivity contribution >= 4 is 11.8 Å². The van der Waals surface area contributed by atoms with Gasteiger partial charge in [0.05, 0.1) is 12.7 Å². The van der Waals surface area contributed by atoms with E-state index >= 15 is 0 Å². The van der Waals surface area contributed by atoms with Crippen LogP contribution in [0.15, 0.2) is 37.1 Å². The Morgan fingerprint density at radius 1 is 1.30 bits per heavy atom. The average Bonchev–Trinajstić information content (AvgIpc) is 3.16. The average molecular weight is 314 g/mol. The van der Waals surface area contributed by atoms with E-state index in [-0.39, 0.29) is 24.1 Å². The van der Waals surface area contributed by atoms with Crippen molar-refractivity contribution in [2.24, 2.45) is 0 Å². The van der Waals surface area contributed by atoms with Crippen LogP contribution in [0.4, 0.5) is 0 Å². The molecule has 1 aliphatic rings. The Morgan fingerprint density at radius 2 is 2.17 bits per heavy atom. The molecule has 8 heteroatoms. The summed E-state index contributed by atoms with van der Waals surface area (Å²) in [4.78, 5) is 34.8. The summed E-state index contributed by atoms with van der Waals surface area (Å²) in [6, 6.07) is 1.77. The second-order valence-corrected chi connectivity index (χ2v) is 5.48. The number of piperidine rings is 1. The Kier molecular flexibility index (Phi) is 4.05. The summed E-state index contributed by atoms with van der Waals surface area (Å²) in [6.07, 6.45) is 9.16. The topological polar surface area (TPSA) is 93.0 Å². The van der Waals surface area contributed by atoms with Crippen LogP contribution in [0.2, 0.25) is 0 Å². The van der Waals surface area contributed by atoms with Gasteiger partial charge in [-0.15, -0.1) is 0 Å². The largest absolute Gasteiger partial charge is 0.357 e. The first-order valence-electron chi connectivity index (χ1n) is 7.45. The van der Waals surface area contributed by atoms with E-state index in [1.54, 1.807) is 35.1 Å². The number of carbonyl (C=O) groups excluding carboxylic acids is 2. The van der Waals surface area contributed by atoms with Crippen LogP contribution in [0.3, 0.4) is 0 Å². The molecule has 0 aromatic carbocycles. The molecule has 23 heavy (non-hydrogen) atoms. The van der Waals surface area contributed by atoms with Crippen LogP contribution in [0.1, 0.15) is 23.3 Å². The van der Waals surface area contributed by atoms with E-state index in [9.17, 15) is 9.59 Å². The lowest BCUT2D eigenvalue weighted by Crippen LogP contribution is -2.59. The van der Waals surface area contributed by atoms with Gasteiger partial charge in [0.15, 0.2) is 5.54 Å². The first-order valence-corrected chi connectivity index (χ1v) is 7.45. The monoisotopic (exact) mass is 314 g/mol. The number of carbonyl (C=O) groups is 2. The lowest BCUT2D eigenvalue weighted by Gasteiger charge is -2.41. The Bertz CT molecular complexity index is 687. The second kappa shape index (κ2) is 6.15. The van der Waals surface area contributed by atoms with Gasteiger partial charge >= 0.3 is 0 Å². The van der Waals surface area contributed by atoms with Crippen molar-refractivity contribution in [3.05, 3.63) is 42.7 Å². The van der Waals surface area contributed by atoms with Crippen molar-refractivity contribution in [1.82, 2.24) is 30.0 Å². The van der Waals surface area contributed by atoms with Gasteiger partial charge in [-0.2, -0.15) is 5.10 Å². The summed E-state index contributed by atoms with van der Waals surface area (Å²) in [6.45, 7) is 0.833. The molecule has 1 atom stereocenters. The molecular formula is C15H18N6O2. The summed E-state index contributed by atoms with van der Waals surface area (Å²) in [5.41, 5.74) is -0.616. The number of nitrogens with one attached hydrogen (secondary N) is 1. The minimum absolute atomic E-state index is 0.155. The molecule has 0 bridgehead atoms. The van der Waals surface area contributed by atoms with Crippen molar-refractivity contribution in [1.29, 1.82) is 0 Å². The van der Waals surface area contributed by atoms with Crippen molar-refractivity contribution in [2.75, 3.05) is 20.1 Å². The molecule has 1 N–H and O–H groups in total. The van der Waals surface area contributed by atoms with Gasteiger partial charge in [0, 0.05) is 38.4 Å². The summed E-state index contributed by atoms with van der Waals surface area (Å²) in [5.74, 6) is -0.379. The second-order valence-electron chi connectivity index (χ2n) is 5.48. The number of aromatic nitrogens is 4. The highest BCUT2D eigenvalue weighted by molar-refractivity contribution is 5.93. The molecule has 0 spiro atoms. The van der Waals surface area contributed by atoms with Crippen LogP contribution in [-0.2, 0) is 10.3 Å². The molecular weight excluding hydrogens is 296 g/mol. The number of hydrogen-bond acceptors (Lipinski definition) is 5. The fraction of sp³-hybridized carbons (Fsp3) is 0.400. The third kappa shape index (κ3) is 2.67. The number of amides is 2. The Balaban J connectivity index is 1.91. The first kappa shape index (κ1) is 15.1. The normalized spacial score (nSPS) is 21.0. The predicted molar refractivity (Wildman–Crippen MR) is 81.4 cm³/mol. The van der Waals surface area contributed by atoms with Gasteiger partial charge in [-0.25, -0.2) is 4.98 Å². The highest BCUT2D eigenvalue weighted by atomic mass is 16.2. The summed E-state index contributed by atoms with van der Waals surface area (Å²) in [5, 5.41) is 6.93. The molecule has 1 saturated heterocycles. The molecule has 1 fully saturated rings. The first-order chi connectivity index (χ1) is 11.2. The van der Waals surface area contributed by atoms with Crippen LogP contribution in [-0.4, -0.2) is 56.6 Å². The van der Waals surface area contributed by atoms with Gasteiger partial charge in [-0.1, -0.05) is 0 Å². The number of likely N-dealkylation sites (N-methyl/N-ethyl adjacent to an activating group) is 1. The molecule has 120 valence electrons. The van der Waals surface area contributed by atoms with Gasteiger partial charge in [0.25, 0.3) is 5.91 Å². The van der Waals surface area contributed by atoms with E-state index in [0.29, 0.717) is 19.4 Å². The molecule has 2 aromatic heterocycles. The maximum absolute atomic E-state index is 12.6. The maximum Gasteiger partial charge on any atom is 0.274 e. The lowest BCUT2D eigenvalue weighted by molar-refractivity contribution is -0.132.